The molecule has 4 nitrogen and oxygen atoms in total. The summed E-state index contributed by atoms with van der Waals surface area (Å²) in [7, 11) is 2.16. The molecule has 0 aliphatic carbocycles. The van der Waals surface area contributed by atoms with E-state index in [4.69, 9.17) is 10.1 Å². The van der Waals surface area contributed by atoms with Crippen LogP contribution in [0.4, 0.5) is 0 Å². The number of ether oxygens (including phenoxy) is 1. The molecule has 0 spiro atoms. The number of likely N-dealkylation sites (tertiary alicyclic amines) is 2. The summed E-state index contributed by atoms with van der Waals surface area (Å²) < 4.78 is 5.94. The van der Waals surface area contributed by atoms with E-state index in [9.17, 15) is 0 Å². The summed E-state index contributed by atoms with van der Waals surface area (Å²) in [5.74, 6) is 0.917. The van der Waals surface area contributed by atoms with Gasteiger partial charge in [-0.3, -0.25) is 4.90 Å². The van der Waals surface area contributed by atoms with Crippen molar-refractivity contribution in [1.82, 2.24) is 9.80 Å². The van der Waals surface area contributed by atoms with Crippen molar-refractivity contribution in [3.63, 3.8) is 0 Å². The molecule has 1 aromatic carbocycles. The standard InChI is InChI=1S/C15H21N3O/c1-11(16)12-3-5-14(6-4-12)19-15-9-18(10-15)13-7-17(2)8-13/h3-6,13,15-16H,7-10H2,1-2H3. The third kappa shape index (κ3) is 2.65. The van der Waals surface area contributed by atoms with Gasteiger partial charge in [-0.05, 0) is 43.8 Å². The lowest BCUT2D eigenvalue weighted by atomic mass is 10.0. The van der Waals surface area contributed by atoms with E-state index in [1.165, 1.54) is 13.1 Å². The summed E-state index contributed by atoms with van der Waals surface area (Å²) in [6.45, 7) is 6.28. The highest BCUT2D eigenvalue weighted by Crippen LogP contribution is 2.23. The summed E-state index contributed by atoms with van der Waals surface area (Å²) in [4.78, 5) is 4.85. The smallest absolute Gasteiger partial charge is 0.124 e. The topological polar surface area (TPSA) is 39.6 Å². The zero-order valence-electron chi connectivity index (χ0n) is 11.6. The molecule has 0 atom stereocenters. The van der Waals surface area contributed by atoms with E-state index in [0.717, 1.165) is 30.4 Å². The van der Waals surface area contributed by atoms with E-state index in [2.05, 4.69) is 16.8 Å². The van der Waals surface area contributed by atoms with Gasteiger partial charge in [0.15, 0.2) is 0 Å². The van der Waals surface area contributed by atoms with Crippen molar-refractivity contribution in [1.29, 1.82) is 5.41 Å². The monoisotopic (exact) mass is 259 g/mol. The highest BCUT2D eigenvalue weighted by atomic mass is 16.5. The van der Waals surface area contributed by atoms with E-state index in [1.54, 1.807) is 6.92 Å². The van der Waals surface area contributed by atoms with Crippen LogP contribution in [0, 0.1) is 5.41 Å². The number of nitrogens with one attached hydrogen (secondary N) is 1. The van der Waals surface area contributed by atoms with Crippen LogP contribution in [0.5, 0.6) is 5.75 Å². The normalized spacial score (nSPS) is 21.8. The second-order valence-electron chi connectivity index (χ2n) is 5.72. The molecule has 19 heavy (non-hydrogen) atoms. The van der Waals surface area contributed by atoms with Crippen molar-refractivity contribution < 1.29 is 4.74 Å². The van der Waals surface area contributed by atoms with Crippen LogP contribution in [-0.4, -0.2) is 60.9 Å². The molecule has 0 unspecified atom stereocenters. The van der Waals surface area contributed by atoms with Crippen molar-refractivity contribution >= 4 is 5.71 Å². The first-order valence-corrected chi connectivity index (χ1v) is 6.86. The fourth-order valence-electron chi connectivity index (χ4n) is 2.72. The van der Waals surface area contributed by atoms with E-state index >= 15 is 0 Å². The number of hydrogen-bond donors (Lipinski definition) is 1. The first kappa shape index (κ1) is 12.6. The van der Waals surface area contributed by atoms with Crippen LogP contribution in [0.15, 0.2) is 24.3 Å². The van der Waals surface area contributed by atoms with Gasteiger partial charge in [-0.25, -0.2) is 0 Å². The number of hydrogen-bond acceptors (Lipinski definition) is 4. The second kappa shape index (κ2) is 4.94. The van der Waals surface area contributed by atoms with Crippen LogP contribution >= 0.6 is 0 Å². The van der Waals surface area contributed by atoms with Crippen molar-refractivity contribution in [3.8, 4) is 5.75 Å². The quantitative estimate of drug-likeness (QED) is 0.832. The number of nitrogens with zero attached hydrogens (tertiary/aromatic N) is 2. The Kier molecular flexibility index (Phi) is 3.29. The lowest BCUT2D eigenvalue weighted by Gasteiger charge is -2.50. The molecule has 1 N–H and O–H groups in total. The number of benzene rings is 1. The highest BCUT2D eigenvalue weighted by Gasteiger charge is 2.38. The third-order valence-electron chi connectivity index (χ3n) is 4.03. The number of likely N-dealkylation sites (N-methyl/N-ethyl adjacent to an activating group) is 1. The zero-order chi connectivity index (χ0) is 13.4. The molecular weight excluding hydrogens is 238 g/mol. The van der Waals surface area contributed by atoms with Crippen LogP contribution in [0.3, 0.4) is 0 Å². The fourth-order valence-corrected chi connectivity index (χ4v) is 2.72. The maximum Gasteiger partial charge on any atom is 0.124 e. The molecule has 0 aromatic heterocycles. The predicted molar refractivity (Wildman–Crippen MR) is 76.2 cm³/mol. The van der Waals surface area contributed by atoms with E-state index in [1.807, 2.05) is 24.3 Å². The molecule has 2 heterocycles. The Morgan fingerprint density at radius 2 is 1.79 bits per heavy atom. The van der Waals surface area contributed by atoms with Gasteiger partial charge in [-0.2, -0.15) is 0 Å². The summed E-state index contributed by atoms with van der Waals surface area (Å²) in [5, 5.41) is 7.56. The van der Waals surface area contributed by atoms with Gasteiger partial charge in [0.1, 0.15) is 11.9 Å². The summed E-state index contributed by atoms with van der Waals surface area (Å²) in [5.41, 5.74) is 1.55. The maximum absolute atomic E-state index is 7.56. The molecule has 2 saturated heterocycles. The van der Waals surface area contributed by atoms with E-state index < -0.39 is 0 Å². The van der Waals surface area contributed by atoms with Crippen LogP contribution < -0.4 is 4.74 Å². The van der Waals surface area contributed by atoms with Crippen LogP contribution in [0.2, 0.25) is 0 Å². The van der Waals surface area contributed by atoms with E-state index in [0.29, 0.717) is 11.8 Å². The second-order valence-corrected chi connectivity index (χ2v) is 5.72. The average molecular weight is 259 g/mol. The Morgan fingerprint density at radius 1 is 1.16 bits per heavy atom. The van der Waals surface area contributed by atoms with Gasteiger partial charge < -0.3 is 15.0 Å². The van der Waals surface area contributed by atoms with Gasteiger partial charge in [0, 0.05) is 37.9 Å². The maximum atomic E-state index is 7.56. The molecule has 2 fully saturated rings. The van der Waals surface area contributed by atoms with Crippen molar-refractivity contribution in [3.05, 3.63) is 29.8 Å². The average Bonchev–Trinajstić information content (AvgIpc) is 2.30. The minimum Gasteiger partial charge on any atom is -0.488 e. The van der Waals surface area contributed by atoms with Gasteiger partial charge >= 0.3 is 0 Å². The predicted octanol–water partition coefficient (Wildman–Crippen LogP) is 1.45. The molecule has 2 aliphatic heterocycles. The minimum absolute atomic E-state index is 0.331. The van der Waals surface area contributed by atoms with Crippen LogP contribution in [-0.2, 0) is 0 Å². The molecule has 4 heteroatoms. The molecule has 102 valence electrons. The molecule has 2 aliphatic rings. The first-order chi connectivity index (χ1) is 9.11. The molecule has 1 aromatic rings. The zero-order valence-corrected chi connectivity index (χ0v) is 11.6. The first-order valence-electron chi connectivity index (χ1n) is 6.86. The van der Waals surface area contributed by atoms with Crippen molar-refractivity contribution in [2.75, 3.05) is 33.2 Å². The minimum atomic E-state index is 0.331. The molecular formula is C15H21N3O. The summed E-state index contributed by atoms with van der Waals surface area (Å²) >= 11 is 0. The molecule has 3 rings (SSSR count). The fraction of sp³-hybridized carbons (Fsp3) is 0.533. The lowest BCUT2D eigenvalue weighted by Crippen LogP contribution is -2.66. The third-order valence-corrected chi connectivity index (χ3v) is 4.03. The van der Waals surface area contributed by atoms with Gasteiger partial charge in [0.25, 0.3) is 0 Å². The molecule has 0 amide bonds. The molecule has 0 radical (unpaired) electrons. The van der Waals surface area contributed by atoms with Gasteiger partial charge in [0.2, 0.25) is 0 Å². The Labute approximate surface area is 114 Å². The van der Waals surface area contributed by atoms with Gasteiger partial charge in [-0.15, -0.1) is 0 Å². The molecule has 0 saturated carbocycles. The SMILES string of the molecule is CC(=N)c1ccc(OC2CN(C3CN(C)C3)C2)cc1. The highest BCUT2D eigenvalue weighted by molar-refractivity contribution is 5.96. The Bertz CT molecular complexity index is 459. The Hall–Kier alpha value is -1.39. The van der Waals surface area contributed by atoms with Crippen molar-refractivity contribution in [2.24, 2.45) is 0 Å². The molecule has 0 bridgehead atoms. The van der Waals surface area contributed by atoms with Crippen LogP contribution in [0.1, 0.15) is 12.5 Å². The Balaban J connectivity index is 1.47. The lowest BCUT2D eigenvalue weighted by molar-refractivity contribution is -0.0537. The summed E-state index contributed by atoms with van der Waals surface area (Å²) in [6, 6.07) is 8.58. The largest absolute Gasteiger partial charge is 0.488 e. The van der Waals surface area contributed by atoms with Gasteiger partial charge in [-0.1, -0.05) is 0 Å². The summed E-state index contributed by atoms with van der Waals surface area (Å²) in [6.07, 6.45) is 0.331. The Morgan fingerprint density at radius 3 is 2.32 bits per heavy atom. The van der Waals surface area contributed by atoms with Gasteiger partial charge in [0.05, 0.1) is 0 Å². The number of rotatable bonds is 4. The van der Waals surface area contributed by atoms with Crippen LogP contribution in [0.25, 0.3) is 0 Å². The van der Waals surface area contributed by atoms with E-state index in [-0.39, 0.29) is 0 Å². The van der Waals surface area contributed by atoms with Crippen molar-refractivity contribution in [2.45, 2.75) is 19.1 Å².